The summed E-state index contributed by atoms with van der Waals surface area (Å²) in [6, 6.07) is 17.8. The van der Waals surface area contributed by atoms with Crippen molar-refractivity contribution in [1.82, 2.24) is 0 Å². The molecule has 2 aromatic carbocycles. The van der Waals surface area contributed by atoms with Gasteiger partial charge >= 0.3 is 11.9 Å². The van der Waals surface area contributed by atoms with E-state index in [4.69, 9.17) is 9.47 Å². The van der Waals surface area contributed by atoms with E-state index < -0.39 is 12.1 Å². The molecular weight excluding hydrogens is 464 g/mol. The molecule has 0 radical (unpaired) electrons. The van der Waals surface area contributed by atoms with Gasteiger partial charge in [-0.3, -0.25) is 0 Å². The number of aliphatic hydroxyl groups is 1. The Bertz CT molecular complexity index is 1180. The molecule has 0 spiro atoms. The zero-order chi connectivity index (χ0) is 26.2. The van der Waals surface area contributed by atoms with E-state index in [1.54, 1.807) is 36.4 Å². The van der Waals surface area contributed by atoms with Gasteiger partial charge in [0, 0.05) is 18.8 Å². The van der Waals surface area contributed by atoms with Gasteiger partial charge in [0.1, 0.15) is 6.10 Å². The summed E-state index contributed by atoms with van der Waals surface area (Å²) in [5.41, 5.74) is 0.972. The molecule has 0 heterocycles. The average molecular weight is 499 g/mol. The third kappa shape index (κ3) is 6.82. The fraction of sp³-hybridized carbons (Fsp3) is 0.438. The molecule has 2 aliphatic rings. The molecule has 5 nitrogen and oxygen atoms in total. The van der Waals surface area contributed by atoms with Crippen LogP contribution in [0.4, 0.5) is 0 Å². The normalized spacial score (nSPS) is 25.4. The monoisotopic (exact) mass is 498 g/mol. The van der Waals surface area contributed by atoms with Gasteiger partial charge in [0.15, 0.2) is 6.10 Å². The highest BCUT2D eigenvalue weighted by molar-refractivity contribution is 5.90. The van der Waals surface area contributed by atoms with Crippen molar-refractivity contribution in [2.24, 2.45) is 23.7 Å². The first-order valence-electron chi connectivity index (χ1n) is 13.1. The van der Waals surface area contributed by atoms with Crippen LogP contribution in [0, 0.1) is 47.4 Å². The summed E-state index contributed by atoms with van der Waals surface area (Å²) in [6.45, 7) is 3.97. The van der Waals surface area contributed by atoms with E-state index >= 15 is 0 Å². The maximum atomic E-state index is 12.8. The van der Waals surface area contributed by atoms with E-state index in [1.807, 2.05) is 38.1 Å². The van der Waals surface area contributed by atoms with E-state index in [2.05, 4.69) is 23.7 Å². The van der Waals surface area contributed by atoms with Crippen molar-refractivity contribution < 1.29 is 24.2 Å². The molecule has 0 amide bonds. The van der Waals surface area contributed by atoms with Gasteiger partial charge in [-0.1, -0.05) is 62.1 Å². The Balaban J connectivity index is 1.56. The number of aliphatic hydroxyl groups excluding tert-OH is 1. The number of hydrogen-bond acceptors (Lipinski definition) is 5. The van der Waals surface area contributed by atoms with Crippen molar-refractivity contribution in [2.75, 3.05) is 0 Å². The fourth-order valence-electron chi connectivity index (χ4n) is 5.35. The molecule has 0 unspecified atom stereocenters. The lowest BCUT2D eigenvalue weighted by atomic mass is 9.91. The van der Waals surface area contributed by atoms with Gasteiger partial charge in [-0.05, 0) is 55.4 Å². The Morgan fingerprint density at radius 3 is 2.24 bits per heavy atom. The van der Waals surface area contributed by atoms with Crippen LogP contribution in [0.3, 0.4) is 0 Å². The van der Waals surface area contributed by atoms with Crippen LogP contribution in [0.15, 0.2) is 60.7 Å². The van der Waals surface area contributed by atoms with Crippen molar-refractivity contribution in [3.63, 3.8) is 0 Å². The molecule has 5 heteroatoms. The van der Waals surface area contributed by atoms with Crippen molar-refractivity contribution in [2.45, 2.75) is 64.3 Å². The first kappa shape index (κ1) is 26.5. The maximum absolute atomic E-state index is 12.8. The van der Waals surface area contributed by atoms with Gasteiger partial charge in [0.25, 0.3) is 0 Å². The van der Waals surface area contributed by atoms with Crippen LogP contribution in [0.5, 0.6) is 0 Å². The van der Waals surface area contributed by atoms with Crippen LogP contribution in [-0.2, 0) is 9.47 Å². The van der Waals surface area contributed by atoms with Crippen molar-refractivity contribution in [1.29, 1.82) is 0 Å². The molecule has 0 aliphatic heterocycles. The predicted octanol–water partition coefficient (Wildman–Crippen LogP) is 5.29. The number of benzene rings is 2. The third-order valence-corrected chi connectivity index (χ3v) is 7.27. The van der Waals surface area contributed by atoms with E-state index in [1.165, 1.54) is 0 Å². The minimum Gasteiger partial charge on any atom is -0.457 e. The largest absolute Gasteiger partial charge is 0.457 e. The van der Waals surface area contributed by atoms with E-state index in [9.17, 15) is 14.7 Å². The lowest BCUT2D eigenvalue weighted by Crippen LogP contribution is -2.27. The molecule has 0 aromatic heterocycles. The Labute approximate surface area is 219 Å². The molecule has 2 saturated carbocycles. The summed E-state index contributed by atoms with van der Waals surface area (Å²) in [5.74, 6) is 12.0. The highest BCUT2D eigenvalue weighted by Gasteiger charge is 2.49. The summed E-state index contributed by atoms with van der Waals surface area (Å²) < 4.78 is 11.8. The van der Waals surface area contributed by atoms with Gasteiger partial charge in [0.2, 0.25) is 0 Å². The second-order valence-corrected chi connectivity index (χ2v) is 9.99. The molecule has 0 saturated heterocycles. The molecule has 37 heavy (non-hydrogen) atoms. The third-order valence-electron chi connectivity index (χ3n) is 7.27. The Kier molecular flexibility index (Phi) is 9.04. The summed E-state index contributed by atoms with van der Waals surface area (Å²) in [5, 5.41) is 10.3. The second-order valence-electron chi connectivity index (χ2n) is 9.99. The number of fused-ring (bicyclic) bond motifs is 1. The number of hydrogen-bond donors (Lipinski definition) is 1. The van der Waals surface area contributed by atoms with Gasteiger partial charge in [0.05, 0.1) is 23.1 Å². The number of esters is 2. The van der Waals surface area contributed by atoms with Crippen LogP contribution in [0.2, 0.25) is 0 Å². The molecule has 0 bridgehead atoms. The molecule has 2 fully saturated rings. The Hall–Kier alpha value is -3.54. The predicted molar refractivity (Wildman–Crippen MR) is 141 cm³/mol. The Morgan fingerprint density at radius 1 is 0.946 bits per heavy atom. The Morgan fingerprint density at radius 2 is 1.59 bits per heavy atom. The lowest BCUT2D eigenvalue weighted by molar-refractivity contribution is 0.0216. The quantitative estimate of drug-likeness (QED) is 0.433. The molecule has 2 aliphatic carbocycles. The van der Waals surface area contributed by atoms with Gasteiger partial charge in [-0.2, -0.15) is 0 Å². The highest BCUT2D eigenvalue weighted by atomic mass is 16.5. The first-order chi connectivity index (χ1) is 18.0. The minimum atomic E-state index is -0.658. The molecule has 1 N–H and O–H groups in total. The number of carbonyl (C=O) groups excluding carboxylic acids is 2. The van der Waals surface area contributed by atoms with Crippen LogP contribution in [-0.4, -0.2) is 35.4 Å². The molecular formula is C32H34O5. The second kappa shape index (κ2) is 12.6. The summed E-state index contributed by atoms with van der Waals surface area (Å²) in [6.07, 6.45) is 1.92. The van der Waals surface area contributed by atoms with Crippen LogP contribution >= 0.6 is 0 Å². The smallest absolute Gasteiger partial charge is 0.339 e. The fourth-order valence-corrected chi connectivity index (χ4v) is 5.35. The summed E-state index contributed by atoms with van der Waals surface area (Å²) in [7, 11) is 0. The van der Waals surface area contributed by atoms with Gasteiger partial charge < -0.3 is 14.6 Å². The topological polar surface area (TPSA) is 72.8 Å². The average Bonchev–Trinajstić information content (AvgIpc) is 3.42. The van der Waals surface area contributed by atoms with Gasteiger partial charge in [-0.25, -0.2) is 9.59 Å². The zero-order valence-corrected chi connectivity index (χ0v) is 21.4. The van der Waals surface area contributed by atoms with Crippen LogP contribution < -0.4 is 0 Å². The maximum Gasteiger partial charge on any atom is 0.339 e. The number of rotatable bonds is 6. The van der Waals surface area contributed by atoms with Crippen molar-refractivity contribution >= 4 is 11.9 Å². The molecule has 2 aromatic rings. The standard InChI is InChI=1S/C32H34O5/c1-3-4-7-12-22(2)29(36-31(34)23-13-8-5-9-14-23)18-17-27-28-21-26(33)19-25(28)20-30(27)37-32(35)24-15-10-6-11-16-24/h5-6,8-11,13-16,22,25-30,33H,3,12,19-21H2,1-2H3/t22-,25-,26-,27+,28-,29+,30+/m0/s1. The van der Waals surface area contributed by atoms with Crippen LogP contribution in [0.25, 0.3) is 0 Å². The SMILES string of the molecule is CCC#CC[C@H](C)[C@@H](C#C[C@@H]1[C@H]2C[C@@H](O)C[C@H]2C[C@H]1OC(=O)c1ccccc1)OC(=O)c1ccccc1. The molecule has 192 valence electrons. The van der Waals surface area contributed by atoms with Crippen molar-refractivity contribution in [3.8, 4) is 23.7 Å². The summed E-state index contributed by atoms with van der Waals surface area (Å²) >= 11 is 0. The minimum absolute atomic E-state index is 0.101. The highest BCUT2D eigenvalue weighted by Crippen LogP contribution is 2.48. The van der Waals surface area contributed by atoms with Crippen LogP contribution in [0.1, 0.15) is 66.7 Å². The lowest BCUT2D eigenvalue weighted by Gasteiger charge is -2.22. The number of ether oxygens (including phenoxy) is 2. The molecule has 7 atom stereocenters. The van der Waals surface area contributed by atoms with Crippen molar-refractivity contribution in [3.05, 3.63) is 71.8 Å². The number of carbonyl (C=O) groups is 2. The molecule has 4 rings (SSSR count). The van der Waals surface area contributed by atoms with Gasteiger partial charge in [-0.15, -0.1) is 11.8 Å². The van der Waals surface area contributed by atoms with E-state index in [0.29, 0.717) is 36.8 Å². The first-order valence-corrected chi connectivity index (χ1v) is 13.1. The van der Waals surface area contributed by atoms with E-state index in [0.717, 1.165) is 6.42 Å². The zero-order valence-electron chi connectivity index (χ0n) is 21.4. The van der Waals surface area contributed by atoms with E-state index in [-0.39, 0.29) is 41.8 Å². The summed E-state index contributed by atoms with van der Waals surface area (Å²) in [4.78, 5) is 25.7.